The first-order valence-corrected chi connectivity index (χ1v) is 7.07. The van der Waals surface area contributed by atoms with Gasteiger partial charge in [0.2, 0.25) is 5.91 Å². The molecule has 1 amide bonds. The maximum Gasteiger partial charge on any atom is 0.221 e. The van der Waals surface area contributed by atoms with Crippen LogP contribution in [0.15, 0.2) is 18.2 Å². The van der Waals surface area contributed by atoms with Gasteiger partial charge in [-0.15, -0.1) is 0 Å². The monoisotopic (exact) mass is 318 g/mol. The highest BCUT2D eigenvalue weighted by molar-refractivity contribution is 6.37. The second-order valence-electron chi connectivity index (χ2n) is 4.63. The van der Waals surface area contributed by atoms with Crippen molar-refractivity contribution in [1.82, 2.24) is 10.6 Å². The van der Waals surface area contributed by atoms with Crippen LogP contribution in [0.5, 0.6) is 5.75 Å². The first-order valence-electron chi connectivity index (χ1n) is 6.31. The predicted octanol–water partition coefficient (Wildman–Crippen LogP) is 1.21. The molecular formula is C13H16Cl2N2O3. The summed E-state index contributed by atoms with van der Waals surface area (Å²) in [5.74, 6) is 0.392. The van der Waals surface area contributed by atoms with Crippen molar-refractivity contribution in [3.63, 3.8) is 0 Å². The minimum atomic E-state index is -0.710. The molecule has 20 heavy (non-hydrogen) atoms. The molecule has 1 aliphatic heterocycles. The minimum absolute atomic E-state index is 0.0242. The van der Waals surface area contributed by atoms with Crippen LogP contribution in [0.3, 0.4) is 0 Å². The van der Waals surface area contributed by atoms with Crippen LogP contribution in [0.1, 0.15) is 6.42 Å². The predicted molar refractivity (Wildman–Crippen MR) is 77.4 cm³/mol. The lowest BCUT2D eigenvalue weighted by Crippen LogP contribution is -2.39. The normalized spacial score (nSPS) is 19.8. The zero-order chi connectivity index (χ0) is 14.5. The van der Waals surface area contributed by atoms with Crippen LogP contribution in [0.4, 0.5) is 0 Å². The van der Waals surface area contributed by atoms with Crippen molar-refractivity contribution in [2.45, 2.75) is 18.6 Å². The van der Waals surface area contributed by atoms with Crippen LogP contribution >= 0.6 is 23.2 Å². The van der Waals surface area contributed by atoms with E-state index >= 15 is 0 Å². The quantitative estimate of drug-likeness (QED) is 0.737. The van der Waals surface area contributed by atoms with Crippen LogP contribution < -0.4 is 15.4 Å². The third-order valence-corrected chi connectivity index (χ3v) is 3.55. The molecule has 1 aromatic carbocycles. The van der Waals surface area contributed by atoms with E-state index in [1.165, 1.54) is 0 Å². The Morgan fingerprint density at radius 3 is 2.75 bits per heavy atom. The van der Waals surface area contributed by atoms with Gasteiger partial charge in [0.15, 0.2) is 5.75 Å². The largest absolute Gasteiger partial charge is 0.488 e. The van der Waals surface area contributed by atoms with Crippen molar-refractivity contribution < 1.29 is 14.6 Å². The molecule has 1 heterocycles. The molecule has 2 unspecified atom stereocenters. The molecule has 0 aliphatic carbocycles. The van der Waals surface area contributed by atoms with E-state index in [2.05, 4.69) is 10.6 Å². The molecule has 1 aromatic rings. The number of aliphatic hydroxyl groups excluding tert-OH is 1. The van der Waals surface area contributed by atoms with E-state index in [4.69, 9.17) is 27.9 Å². The Bertz CT molecular complexity index is 464. The number of para-hydroxylation sites is 1. The second kappa shape index (κ2) is 7.13. The van der Waals surface area contributed by atoms with Gasteiger partial charge in [0.25, 0.3) is 0 Å². The number of carbonyl (C=O) groups excluding carboxylic acids is 1. The van der Waals surface area contributed by atoms with Crippen molar-refractivity contribution in [2.75, 3.05) is 19.7 Å². The average molecular weight is 319 g/mol. The molecule has 1 aliphatic rings. The average Bonchev–Trinajstić information content (AvgIpc) is 2.82. The minimum Gasteiger partial charge on any atom is -0.488 e. The van der Waals surface area contributed by atoms with Crippen molar-refractivity contribution in [2.24, 2.45) is 0 Å². The van der Waals surface area contributed by atoms with Gasteiger partial charge in [0.05, 0.1) is 10.0 Å². The fourth-order valence-corrected chi connectivity index (χ4v) is 2.42. The summed E-state index contributed by atoms with van der Waals surface area (Å²) in [6, 6.07) is 5.12. The summed E-state index contributed by atoms with van der Waals surface area (Å²) < 4.78 is 5.43. The summed E-state index contributed by atoms with van der Waals surface area (Å²) in [7, 11) is 0. The van der Waals surface area contributed by atoms with Gasteiger partial charge in [-0.2, -0.15) is 0 Å². The summed E-state index contributed by atoms with van der Waals surface area (Å²) in [6.07, 6.45) is -0.276. The number of ether oxygens (including phenoxy) is 1. The van der Waals surface area contributed by atoms with Gasteiger partial charge < -0.3 is 20.5 Å². The molecule has 3 N–H and O–H groups in total. The molecule has 2 atom stereocenters. The molecule has 0 bridgehead atoms. The molecule has 110 valence electrons. The molecule has 5 nitrogen and oxygen atoms in total. The highest BCUT2D eigenvalue weighted by Gasteiger charge is 2.21. The van der Waals surface area contributed by atoms with Crippen LogP contribution in [0.2, 0.25) is 10.0 Å². The number of carbonyl (C=O) groups is 1. The van der Waals surface area contributed by atoms with Gasteiger partial charge in [-0.25, -0.2) is 0 Å². The molecular weight excluding hydrogens is 303 g/mol. The SMILES string of the molecule is O=C1CC(NCC(O)COc2c(Cl)cccc2Cl)CN1. The third kappa shape index (κ3) is 4.24. The lowest BCUT2D eigenvalue weighted by Gasteiger charge is -2.16. The number of benzene rings is 1. The van der Waals surface area contributed by atoms with Gasteiger partial charge in [0.1, 0.15) is 12.7 Å². The summed E-state index contributed by atoms with van der Waals surface area (Å²) in [5.41, 5.74) is 0. The summed E-state index contributed by atoms with van der Waals surface area (Å²) in [6.45, 7) is 0.995. The van der Waals surface area contributed by atoms with Crippen LogP contribution in [0.25, 0.3) is 0 Å². The van der Waals surface area contributed by atoms with E-state index < -0.39 is 6.10 Å². The second-order valence-corrected chi connectivity index (χ2v) is 5.44. The van der Waals surface area contributed by atoms with Crippen molar-refractivity contribution in [3.8, 4) is 5.75 Å². The molecule has 1 fully saturated rings. The lowest BCUT2D eigenvalue weighted by molar-refractivity contribution is -0.119. The zero-order valence-electron chi connectivity index (χ0n) is 10.7. The Balaban J connectivity index is 1.75. The van der Waals surface area contributed by atoms with Crippen molar-refractivity contribution in [1.29, 1.82) is 0 Å². The van der Waals surface area contributed by atoms with E-state index in [1.807, 2.05) is 0 Å². The summed E-state index contributed by atoms with van der Waals surface area (Å²) in [5, 5.41) is 16.5. The Morgan fingerprint density at radius 2 is 2.15 bits per heavy atom. The van der Waals surface area contributed by atoms with E-state index in [9.17, 15) is 9.90 Å². The number of amides is 1. The van der Waals surface area contributed by atoms with Crippen molar-refractivity contribution >= 4 is 29.1 Å². The first-order chi connectivity index (χ1) is 9.56. The molecule has 0 spiro atoms. The molecule has 0 aromatic heterocycles. The maximum atomic E-state index is 11.0. The standard InChI is InChI=1S/C13H16Cl2N2O3/c14-10-2-1-3-11(15)13(10)20-7-9(18)6-16-8-4-12(19)17-5-8/h1-3,8-9,16,18H,4-7H2,(H,17,19). The van der Waals surface area contributed by atoms with E-state index in [-0.39, 0.29) is 18.6 Å². The first kappa shape index (κ1) is 15.4. The fraction of sp³-hybridized carbons (Fsp3) is 0.462. The highest BCUT2D eigenvalue weighted by Crippen LogP contribution is 2.32. The van der Waals surface area contributed by atoms with Crippen LogP contribution in [-0.4, -0.2) is 42.9 Å². The molecule has 2 rings (SSSR count). The Labute approximate surface area is 127 Å². The molecule has 0 saturated carbocycles. The zero-order valence-corrected chi connectivity index (χ0v) is 12.2. The van der Waals surface area contributed by atoms with E-state index in [0.717, 1.165) is 0 Å². The van der Waals surface area contributed by atoms with E-state index in [1.54, 1.807) is 18.2 Å². The topological polar surface area (TPSA) is 70.6 Å². The number of hydrogen-bond donors (Lipinski definition) is 3. The number of rotatable bonds is 6. The number of halogens is 2. The Hall–Kier alpha value is -1.01. The van der Waals surface area contributed by atoms with Gasteiger partial charge in [-0.1, -0.05) is 29.3 Å². The van der Waals surface area contributed by atoms with Gasteiger partial charge >= 0.3 is 0 Å². The highest BCUT2D eigenvalue weighted by atomic mass is 35.5. The maximum absolute atomic E-state index is 11.0. The molecule has 0 radical (unpaired) electrons. The smallest absolute Gasteiger partial charge is 0.221 e. The lowest BCUT2D eigenvalue weighted by atomic mass is 10.2. The fourth-order valence-electron chi connectivity index (χ4n) is 1.91. The van der Waals surface area contributed by atoms with Crippen molar-refractivity contribution in [3.05, 3.63) is 28.2 Å². The van der Waals surface area contributed by atoms with Gasteiger partial charge in [0, 0.05) is 25.6 Å². The van der Waals surface area contributed by atoms with Gasteiger partial charge in [-0.05, 0) is 12.1 Å². The Kier molecular flexibility index (Phi) is 5.48. The number of hydrogen-bond acceptors (Lipinski definition) is 4. The van der Waals surface area contributed by atoms with Gasteiger partial charge in [-0.3, -0.25) is 4.79 Å². The molecule has 7 heteroatoms. The van der Waals surface area contributed by atoms with E-state index in [0.29, 0.717) is 35.3 Å². The Morgan fingerprint density at radius 1 is 1.45 bits per heavy atom. The third-order valence-electron chi connectivity index (χ3n) is 2.96. The van der Waals surface area contributed by atoms with Crippen LogP contribution in [-0.2, 0) is 4.79 Å². The number of aliphatic hydroxyl groups is 1. The number of nitrogens with one attached hydrogen (secondary N) is 2. The summed E-state index contributed by atoms with van der Waals surface area (Å²) >= 11 is 11.9. The van der Waals surface area contributed by atoms with Crippen LogP contribution in [0, 0.1) is 0 Å². The molecule has 1 saturated heterocycles. The summed E-state index contributed by atoms with van der Waals surface area (Å²) in [4.78, 5) is 11.0.